The number of nitrogens with zero attached hydrogens (tertiary/aromatic N) is 2. The first-order valence-corrected chi connectivity index (χ1v) is 9.67. The van der Waals surface area contributed by atoms with Gasteiger partial charge in [-0.15, -0.1) is 12.4 Å². The summed E-state index contributed by atoms with van der Waals surface area (Å²) >= 11 is 0. The fourth-order valence-corrected chi connectivity index (χ4v) is 3.72. The van der Waals surface area contributed by atoms with E-state index in [0.717, 1.165) is 43.7 Å². The zero-order valence-corrected chi connectivity index (χ0v) is 17.1. The smallest absolute Gasteiger partial charge is 0.276 e. The van der Waals surface area contributed by atoms with Gasteiger partial charge in [0.05, 0.1) is 18.3 Å². The molecule has 1 saturated heterocycles. The standard InChI is InChI=1S/C20H26N4O3.ClH/c1-3-26-19-10-14-9-13(2)27-18(14)11-17(19)22-20(25)16-6-8-24(23-16)15-5-4-7-21-12-15;/h6,8,10-11,13,15,21H,3-5,7,9,12H2,1-2H3,(H,22,25);1H. The van der Waals surface area contributed by atoms with Crippen LogP contribution in [0.5, 0.6) is 11.5 Å². The third kappa shape index (κ3) is 4.25. The van der Waals surface area contributed by atoms with Crippen LogP contribution in [0.2, 0.25) is 0 Å². The van der Waals surface area contributed by atoms with Gasteiger partial charge in [-0.05, 0) is 45.4 Å². The molecular weight excluding hydrogens is 380 g/mol. The summed E-state index contributed by atoms with van der Waals surface area (Å²) in [7, 11) is 0. The topological polar surface area (TPSA) is 77.4 Å². The Balaban J connectivity index is 0.00000225. The molecule has 7 nitrogen and oxygen atoms in total. The Kier molecular flexibility index (Phi) is 6.46. The number of piperidine rings is 1. The van der Waals surface area contributed by atoms with Crippen LogP contribution in [0.1, 0.15) is 48.8 Å². The second-order valence-electron chi connectivity index (χ2n) is 7.16. The number of anilines is 1. The van der Waals surface area contributed by atoms with Gasteiger partial charge in [-0.3, -0.25) is 9.48 Å². The van der Waals surface area contributed by atoms with E-state index in [-0.39, 0.29) is 24.4 Å². The first-order valence-electron chi connectivity index (χ1n) is 9.67. The maximum Gasteiger partial charge on any atom is 0.276 e. The zero-order valence-electron chi connectivity index (χ0n) is 16.2. The van der Waals surface area contributed by atoms with Gasteiger partial charge in [0.25, 0.3) is 5.91 Å². The minimum absolute atomic E-state index is 0. The number of carbonyl (C=O) groups is 1. The predicted molar refractivity (Wildman–Crippen MR) is 110 cm³/mol. The quantitative estimate of drug-likeness (QED) is 0.797. The van der Waals surface area contributed by atoms with E-state index in [1.807, 2.05) is 36.9 Å². The number of fused-ring (bicyclic) bond motifs is 1. The molecule has 2 aliphatic heterocycles. The number of aromatic nitrogens is 2. The molecule has 2 aromatic rings. The van der Waals surface area contributed by atoms with Gasteiger partial charge in [0.1, 0.15) is 17.6 Å². The summed E-state index contributed by atoms with van der Waals surface area (Å²) in [5.41, 5.74) is 2.12. The third-order valence-electron chi connectivity index (χ3n) is 5.03. The molecule has 28 heavy (non-hydrogen) atoms. The predicted octanol–water partition coefficient (Wildman–Crippen LogP) is 3.20. The van der Waals surface area contributed by atoms with E-state index in [1.165, 1.54) is 0 Å². The van der Waals surface area contributed by atoms with E-state index >= 15 is 0 Å². The number of nitrogens with one attached hydrogen (secondary N) is 2. The van der Waals surface area contributed by atoms with Crippen LogP contribution in [0.4, 0.5) is 5.69 Å². The molecule has 1 aromatic carbocycles. The lowest BCUT2D eigenvalue weighted by molar-refractivity contribution is 0.102. The highest BCUT2D eigenvalue weighted by Gasteiger charge is 2.23. The number of benzene rings is 1. The first-order chi connectivity index (χ1) is 13.1. The monoisotopic (exact) mass is 406 g/mol. The second-order valence-corrected chi connectivity index (χ2v) is 7.16. The van der Waals surface area contributed by atoms with Gasteiger partial charge >= 0.3 is 0 Å². The maximum atomic E-state index is 12.7. The van der Waals surface area contributed by atoms with Crippen molar-refractivity contribution in [1.29, 1.82) is 0 Å². The third-order valence-corrected chi connectivity index (χ3v) is 5.03. The largest absolute Gasteiger partial charge is 0.492 e. The molecule has 4 rings (SSSR count). The van der Waals surface area contributed by atoms with Crippen LogP contribution in [0.15, 0.2) is 24.4 Å². The Bertz CT molecular complexity index is 833. The summed E-state index contributed by atoms with van der Waals surface area (Å²) in [5.74, 6) is 1.22. The van der Waals surface area contributed by atoms with E-state index in [2.05, 4.69) is 15.7 Å². The Morgan fingerprint density at radius 2 is 2.32 bits per heavy atom. The van der Waals surface area contributed by atoms with Crippen LogP contribution >= 0.6 is 12.4 Å². The molecule has 0 saturated carbocycles. The van der Waals surface area contributed by atoms with Crippen LogP contribution in [0.25, 0.3) is 0 Å². The van der Waals surface area contributed by atoms with Gasteiger partial charge in [-0.25, -0.2) is 0 Å². The summed E-state index contributed by atoms with van der Waals surface area (Å²) in [4.78, 5) is 12.7. The summed E-state index contributed by atoms with van der Waals surface area (Å²) < 4.78 is 13.4. The zero-order chi connectivity index (χ0) is 18.8. The summed E-state index contributed by atoms with van der Waals surface area (Å²) in [5, 5.41) is 10.8. The Morgan fingerprint density at radius 1 is 1.46 bits per heavy atom. The van der Waals surface area contributed by atoms with E-state index in [1.54, 1.807) is 6.07 Å². The molecule has 2 unspecified atom stereocenters. The number of hydrogen-bond donors (Lipinski definition) is 2. The van der Waals surface area contributed by atoms with Crippen molar-refractivity contribution in [3.63, 3.8) is 0 Å². The molecule has 0 bridgehead atoms. The van der Waals surface area contributed by atoms with Crippen LogP contribution in [-0.4, -0.2) is 41.5 Å². The number of carbonyl (C=O) groups excluding carboxylic acids is 1. The van der Waals surface area contributed by atoms with Crippen molar-refractivity contribution in [2.24, 2.45) is 0 Å². The van der Waals surface area contributed by atoms with Gasteiger partial charge in [-0.1, -0.05) is 0 Å². The van der Waals surface area contributed by atoms with Crippen LogP contribution in [-0.2, 0) is 6.42 Å². The number of hydrogen-bond acceptors (Lipinski definition) is 5. The highest BCUT2D eigenvalue weighted by atomic mass is 35.5. The molecule has 2 aliphatic rings. The molecule has 0 spiro atoms. The minimum Gasteiger partial charge on any atom is -0.492 e. The highest BCUT2D eigenvalue weighted by Crippen LogP contribution is 2.38. The van der Waals surface area contributed by atoms with E-state index in [0.29, 0.717) is 29.8 Å². The average Bonchev–Trinajstić information content (AvgIpc) is 3.29. The van der Waals surface area contributed by atoms with Gasteiger partial charge < -0.3 is 20.1 Å². The summed E-state index contributed by atoms with van der Waals surface area (Å²) in [6.07, 6.45) is 5.06. The van der Waals surface area contributed by atoms with Crippen LogP contribution in [0.3, 0.4) is 0 Å². The molecule has 2 N–H and O–H groups in total. The lowest BCUT2D eigenvalue weighted by atomic mass is 10.1. The van der Waals surface area contributed by atoms with Crippen molar-refractivity contribution in [3.05, 3.63) is 35.7 Å². The molecule has 3 heterocycles. The normalized spacial score (nSPS) is 20.6. The molecule has 152 valence electrons. The Hall–Kier alpha value is -2.25. The fraction of sp³-hybridized carbons (Fsp3) is 0.500. The highest BCUT2D eigenvalue weighted by molar-refractivity contribution is 6.03. The molecule has 2 atom stereocenters. The summed E-state index contributed by atoms with van der Waals surface area (Å²) in [6, 6.07) is 5.87. The molecule has 0 aliphatic carbocycles. The summed E-state index contributed by atoms with van der Waals surface area (Å²) in [6.45, 7) is 6.42. The molecule has 1 amide bonds. The SMILES string of the molecule is CCOc1cc2c(cc1NC(=O)c1ccn(C3CCCNC3)n1)OC(C)C2.Cl. The molecule has 8 heteroatoms. The lowest BCUT2D eigenvalue weighted by Gasteiger charge is -2.22. The number of rotatable bonds is 5. The van der Waals surface area contributed by atoms with Gasteiger partial charge in [-0.2, -0.15) is 5.10 Å². The van der Waals surface area contributed by atoms with Crippen molar-refractivity contribution >= 4 is 24.0 Å². The van der Waals surface area contributed by atoms with Gasteiger partial charge in [0.2, 0.25) is 0 Å². The van der Waals surface area contributed by atoms with Crippen molar-refractivity contribution in [2.45, 2.75) is 45.3 Å². The van der Waals surface area contributed by atoms with Crippen LogP contribution in [0, 0.1) is 0 Å². The van der Waals surface area contributed by atoms with Crippen molar-refractivity contribution < 1.29 is 14.3 Å². The second kappa shape index (κ2) is 8.84. The average molecular weight is 407 g/mol. The van der Waals surface area contributed by atoms with Crippen molar-refractivity contribution in [2.75, 3.05) is 25.0 Å². The Morgan fingerprint density at radius 3 is 3.07 bits per heavy atom. The van der Waals surface area contributed by atoms with Gasteiger partial charge in [0.15, 0.2) is 5.69 Å². The van der Waals surface area contributed by atoms with E-state index < -0.39 is 0 Å². The van der Waals surface area contributed by atoms with Crippen LogP contribution < -0.4 is 20.1 Å². The van der Waals surface area contributed by atoms with E-state index in [9.17, 15) is 4.79 Å². The van der Waals surface area contributed by atoms with E-state index in [4.69, 9.17) is 9.47 Å². The minimum atomic E-state index is -0.246. The molecule has 1 aromatic heterocycles. The molecule has 1 fully saturated rings. The molecular formula is C20H27ClN4O3. The maximum absolute atomic E-state index is 12.7. The van der Waals surface area contributed by atoms with Gasteiger partial charge in [0, 0.05) is 30.8 Å². The lowest BCUT2D eigenvalue weighted by Crippen LogP contribution is -2.32. The first kappa shape index (κ1) is 20.5. The van der Waals surface area contributed by atoms with Crippen molar-refractivity contribution in [1.82, 2.24) is 15.1 Å². The fourth-order valence-electron chi connectivity index (χ4n) is 3.72. The Labute approximate surface area is 171 Å². The number of amides is 1. The molecule has 0 radical (unpaired) electrons. The number of ether oxygens (including phenoxy) is 2. The van der Waals surface area contributed by atoms with Crippen molar-refractivity contribution in [3.8, 4) is 11.5 Å². The number of halogens is 1.